The van der Waals surface area contributed by atoms with Crippen LogP contribution in [-0.4, -0.2) is 42.9 Å². The van der Waals surface area contributed by atoms with E-state index in [0.717, 1.165) is 24.5 Å². The molecule has 2 atom stereocenters. The van der Waals surface area contributed by atoms with Gasteiger partial charge in [0.05, 0.1) is 12.7 Å². The van der Waals surface area contributed by atoms with E-state index in [1.54, 1.807) is 0 Å². The number of nitrogens with zero attached hydrogens (tertiary/aromatic N) is 1. The lowest BCUT2D eigenvalue weighted by atomic mass is 10.0. The minimum Gasteiger partial charge on any atom is -0.454 e. The van der Waals surface area contributed by atoms with Crippen molar-refractivity contribution in [1.82, 2.24) is 10.2 Å². The first-order chi connectivity index (χ1) is 11.9. The van der Waals surface area contributed by atoms with Crippen molar-refractivity contribution in [2.75, 3.05) is 20.0 Å². The minimum absolute atomic E-state index is 0.0811. The summed E-state index contributed by atoms with van der Waals surface area (Å²) in [5, 5.41) is 2.96. The van der Waals surface area contributed by atoms with Crippen LogP contribution in [-0.2, 0) is 11.2 Å². The zero-order valence-corrected chi connectivity index (χ0v) is 15.7. The van der Waals surface area contributed by atoms with Gasteiger partial charge in [-0.3, -0.25) is 9.69 Å². The van der Waals surface area contributed by atoms with Gasteiger partial charge in [-0.2, -0.15) is 0 Å². The lowest BCUT2D eigenvalue weighted by Crippen LogP contribution is -2.48. The SMILES string of the molecule is CCN(CNC(=O)C(N)CC(C)C)C(C)Cc1ccc2c(c1)OCO2. The molecule has 1 aromatic carbocycles. The molecule has 0 saturated heterocycles. The van der Waals surface area contributed by atoms with Gasteiger partial charge in [0.25, 0.3) is 0 Å². The molecule has 1 aliphatic rings. The predicted octanol–water partition coefficient (Wildman–Crippen LogP) is 2.12. The highest BCUT2D eigenvalue weighted by Crippen LogP contribution is 2.32. The highest BCUT2D eigenvalue weighted by atomic mass is 16.7. The Kier molecular flexibility index (Phi) is 7.08. The summed E-state index contributed by atoms with van der Waals surface area (Å²) in [5.74, 6) is 1.94. The van der Waals surface area contributed by atoms with E-state index in [2.05, 4.69) is 44.0 Å². The summed E-state index contributed by atoms with van der Waals surface area (Å²) in [6, 6.07) is 5.89. The zero-order valence-electron chi connectivity index (χ0n) is 15.7. The molecule has 140 valence electrons. The molecule has 6 heteroatoms. The van der Waals surface area contributed by atoms with Crippen LogP contribution in [0.2, 0.25) is 0 Å². The van der Waals surface area contributed by atoms with Crippen molar-refractivity contribution in [1.29, 1.82) is 0 Å². The number of carbonyl (C=O) groups excluding carboxylic acids is 1. The van der Waals surface area contributed by atoms with Crippen molar-refractivity contribution < 1.29 is 14.3 Å². The van der Waals surface area contributed by atoms with Gasteiger partial charge in [-0.15, -0.1) is 0 Å². The number of hydrogen-bond acceptors (Lipinski definition) is 5. The number of benzene rings is 1. The number of nitrogens with two attached hydrogens (primary N) is 1. The van der Waals surface area contributed by atoms with Crippen molar-refractivity contribution >= 4 is 5.91 Å². The molecule has 0 radical (unpaired) electrons. The quantitative estimate of drug-likeness (QED) is 0.668. The summed E-state index contributed by atoms with van der Waals surface area (Å²) in [7, 11) is 0. The fourth-order valence-corrected chi connectivity index (χ4v) is 3.04. The van der Waals surface area contributed by atoms with Gasteiger partial charge >= 0.3 is 0 Å². The smallest absolute Gasteiger partial charge is 0.237 e. The summed E-state index contributed by atoms with van der Waals surface area (Å²) >= 11 is 0. The Hall–Kier alpha value is -1.79. The maximum atomic E-state index is 12.1. The number of fused-ring (bicyclic) bond motifs is 1. The van der Waals surface area contributed by atoms with Crippen LogP contribution >= 0.6 is 0 Å². The van der Waals surface area contributed by atoms with Gasteiger partial charge in [-0.25, -0.2) is 0 Å². The van der Waals surface area contributed by atoms with Gasteiger partial charge in [-0.1, -0.05) is 26.8 Å². The zero-order chi connectivity index (χ0) is 18.4. The lowest BCUT2D eigenvalue weighted by Gasteiger charge is -2.28. The first-order valence-corrected chi connectivity index (χ1v) is 9.06. The summed E-state index contributed by atoms with van der Waals surface area (Å²) in [6.07, 6.45) is 1.57. The van der Waals surface area contributed by atoms with E-state index in [9.17, 15) is 4.79 Å². The topological polar surface area (TPSA) is 76.8 Å². The summed E-state index contributed by atoms with van der Waals surface area (Å²) in [5.41, 5.74) is 7.13. The van der Waals surface area contributed by atoms with E-state index in [-0.39, 0.29) is 18.7 Å². The number of nitrogens with one attached hydrogen (secondary N) is 1. The normalized spacial score (nSPS) is 15.5. The average Bonchev–Trinajstić information content (AvgIpc) is 3.02. The molecule has 6 nitrogen and oxygen atoms in total. The molecule has 0 aliphatic carbocycles. The fraction of sp³-hybridized carbons (Fsp3) is 0.632. The average molecular weight is 349 g/mol. The first-order valence-electron chi connectivity index (χ1n) is 9.06. The summed E-state index contributed by atoms with van der Waals surface area (Å²) < 4.78 is 10.8. The molecule has 3 N–H and O–H groups in total. The highest BCUT2D eigenvalue weighted by Gasteiger charge is 2.19. The largest absolute Gasteiger partial charge is 0.454 e. The Labute approximate surface area is 150 Å². The van der Waals surface area contributed by atoms with Gasteiger partial charge in [0, 0.05) is 6.04 Å². The molecule has 0 spiro atoms. The van der Waals surface area contributed by atoms with Crippen molar-refractivity contribution in [3.8, 4) is 11.5 Å². The van der Waals surface area contributed by atoms with E-state index in [4.69, 9.17) is 15.2 Å². The molecule has 0 aromatic heterocycles. The van der Waals surface area contributed by atoms with Crippen molar-refractivity contribution in [2.24, 2.45) is 11.7 Å². The third-order valence-electron chi connectivity index (χ3n) is 4.52. The van der Waals surface area contributed by atoms with E-state index < -0.39 is 6.04 Å². The second-order valence-electron chi connectivity index (χ2n) is 7.08. The van der Waals surface area contributed by atoms with Gasteiger partial charge in [-0.05, 0) is 49.9 Å². The van der Waals surface area contributed by atoms with Crippen LogP contribution in [0.4, 0.5) is 0 Å². The molecular formula is C19H31N3O3. The van der Waals surface area contributed by atoms with E-state index >= 15 is 0 Å². The van der Waals surface area contributed by atoms with Gasteiger partial charge in [0.2, 0.25) is 12.7 Å². The Bertz CT molecular complexity index is 577. The maximum absolute atomic E-state index is 12.1. The molecule has 1 heterocycles. The Morgan fingerprint density at radius 1 is 1.28 bits per heavy atom. The van der Waals surface area contributed by atoms with Gasteiger partial charge in [0.15, 0.2) is 11.5 Å². The van der Waals surface area contributed by atoms with E-state index in [0.29, 0.717) is 19.0 Å². The van der Waals surface area contributed by atoms with Crippen LogP contribution in [0.25, 0.3) is 0 Å². The molecule has 1 aromatic rings. The first kappa shape index (κ1) is 19.5. The Morgan fingerprint density at radius 3 is 2.68 bits per heavy atom. The number of amides is 1. The number of hydrogen-bond donors (Lipinski definition) is 2. The Balaban J connectivity index is 1.86. The van der Waals surface area contributed by atoms with Crippen molar-refractivity contribution in [3.63, 3.8) is 0 Å². The summed E-state index contributed by atoms with van der Waals surface area (Å²) in [6.45, 7) is 10.0. The molecule has 25 heavy (non-hydrogen) atoms. The predicted molar refractivity (Wildman–Crippen MR) is 98.6 cm³/mol. The number of likely N-dealkylation sites (N-methyl/N-ethyl adjacent to an activating group) is 1. The molecule has 0 fully saturated rings. The fourth-order valence-electron chi connectivity index (χ4n) is 3.04. The molecule has 0 saturated carbocycles. The maximum Gasteiger partial charge on any atom is 0.237 e. The van der Waals surface area contributed by atoms with E-state index in [1.807, 2.05) is 12.1 Å². The van der Waals surface area contributed by atoms with Gasteiger partial charge < -0.3 is 20.5 Å². The van der Waals surface area contributed by atoms with Crippen molar-refractivity contribution in [3.05, 3.63) is 23.8 Å². The number of ether oxygens (including phenoxy) is 2. The van der Waals surface area contributed by atoms with Crippen LogP contribution < -0.4 is 20.5 Å². The van der Waals surface area contributed by atoms with Crippen LogP contribution in [0.3, 0.4) is 0 Å². The van der Waals surface area contributed by atoms with Gasteiger partial charge in [0.1, 0.15) is 0 Å². The molecule has 2 rings (SSSR count). The molecule has 1 amide bonds. The number of carbonyl (C=O) groups is 1. The molecular weight excluding hydrogens is 318 g/mol. The molecule has 2 unspecified atom stereocenters. The second-order valence-corrected chi connectivity index (χ2v) is 7.08. The molecule has 1 aliphatic heterocycles. The Morgan fingerprint density at radius 2 is 2.00 bits per heavy atom. The minimum atomic E-state index is -0.442. The van der Waals surface area contributed by atoms with Crippen LogP contribution in [0.5, 0.6) is 11.5 Å². The second kappa shape index (κ2) is 9.06. The third-order valence-corrected chi connectivity index (χ3v) is 4.52. The molecule has 0 bridgehead atoms. The highest BCUT2D eigenvalue weighted by molar-refractivity contribution is 5.81. The van der Waals surface area contributed by atoms with Crippen LogP contribution in [0.15, 0.2) is 18.2 Å². The standard InChI is InChI=1S/C19H31N3O3/c1-5-22(11-21-19(23)16(20)8-13(2)3)14(4)9-15-6-7-17-18(10-15)25-12-24-17/h6-7,10,13-14,16H,5,8-9,11-12,20H2,1-4H3,(H,21,23). The van der Waals surface area contributed by atoms with Crippen molar-refractivity contribution in [2.45, 2.75) is 52.6 Å². The monoisotopic (exact) mass is 349 g/mol. The number of rotatable bonds is 9. The van der Waals surface area contributed by atoms with E-state index in [1.165, 1.54) is 5.56 Å². The van der Waals surface area contributed by atoms with Crippen LogP contribution in [0.1, 0.15) is 39.7 Å². The lowest BCUT2D eigenvalue weighted by molar-refractivity contribution is -0.123. The van der Waals surface area contributed by atoms with Crippen LogP contribution in [0, 0.1) is 5.92 Å². The third kappa shape index (κ3) is 5.61. The summed E-state index contributed by atoms with van der Waals surface area (Å²) in [4.78, 5) is 14.3.